The van der Waals surface area contributed by atoms with E-state index < -0.39 is 0 Å². The number of rotatable bonds is 3. The summed E-state index contributed by atoms with van der Waals surface area (Å²) >= 11 is 1.45. The monoisotopic (exact) mass is 225 g/mol. The molecule has 1 aromatic rings. The number of amides is 1. The van der Waals surface area contributed by atoms with Crippen LogP contribution in [0.1, 0.15) is 16.9 Å². The molecule has 15 heavy (non-hydrogen) atoms. The minimum Gasteiger partial charge on any atom is -0.350 e. The number of carbonyl (C=O) groups excluding carboxylic acids is 1. The summed E-state index contributed by atoms with van der Waals surface area (Å²) in [6.07, 6.45) is 1.17. The van der Waals surface area contributed by atoms with Crippen LogP contribution in [-0.4, -0.2) is 42.5 Å². The largest absolute Gasteiger partial charge is 0.350 e. The van der Waals surface area contributed by atoms with Crippen LogP contribution in [-0.2, 0) is 0 Å². The lowest BCUT2D eigenvalue weighted by Gasteiger charge is -2.10. The number of hydrogen-bond donors (Lipinski definition) is 1. The Labute approximate surface area is 93.3 Å². The molecule has 0 aromatic carbocycles. The van der Waals surface area contributed by atoms with Crippen LogP contribution in [0.4, 0.5) is 0 Å². The van der Waals surface area contributed by atoms with Crippen LogP contribution in [0.3, 0.4) is 0 Å². The third-order valence-corrected chi connectivity index (χ3v) is 3.29. The summed E-state index contributed by atoms with van der Waals surface area (Å²) in [6.45, 7) is 2.98. The summed E-state index contributed by atoms with van der Waals surface area (Å²) in [5.74, 6) is 0.545. The summed E-state index contributed by atoms with van der Waals surface area (Å²) in [5, 5.41) is 4.70. The highest BCUT2D eigenvalue weighted by atomic mass is 32.1. The van der Waals surface area contributed by atoms with E-state index in [0.717, 1.165) is 19.6 Å². The van der Waals surface area contributed by atoms with Gasteiger partial charge in [-0.05, 0) is 25.9 Å². The molecule has 82 valence electrons. The van der Waals surface area contributed by atoms with Crippen molar-refractivity contribution in [1.82, 2.24) is 15.2 Å². The molecule has 1 saturated heterocycles. The molecule has 1 unspecified atom stereocenters. The number of nitrogens with one attached hydrogen (secondary N) is 1. The van der Waals surface area contributed by atoms with Crippen molar-refractivity contribution in [3.8, 4) is 0 Å². The molecule has 1 aromatic heterocycles. The molecule has 5 heteroatoms. The van der Waals surface area contributed by atoms with Gasteiger partial charge in [0.25, 0.3) is 5.91 Å². The minimum absolute atomic E-state index is 0.0502. The SMILES string of the molecule is CN1CCC(CNC(=O)c2cscn2)C1. The van der Waals surface area contributed by atoms with Crippen LogP contribution in [0, 0.1) is 5.92 Å². The van der Waals surface area contributed by atoms with Crippen molar-refractivity contribution >= 4 is 17.2 Å². The van der Waals surface area contributed by atoms with E-state index in [1.807, 2.05) is 0 Å². The first kappa shape index (κ1) is 10.6. The third kappa shape index (κ3) is 2.76. The Morgan fingerprint density at radius 1 is 1.80 bits per heavy atom. The maximum Gasteiger partial charge on any atom is 0.270 e. The Bertz CT molecular complexity index is 325. The highest BCUT2D eigenvalue weighted by Gasteiger charge is 2.20. The highest BCUT2D eigenvalue weighted by Crippen LogP contribution is 2.13. The van der Waals surface area contributed by atoms with E-state index in [2.05, 4.69) is 22.2 Å². The van der Waals surface area contributed by atoms with Gasteiger partial charge in [-0.1, -0.05) is 0 Å². The molecule has 1 aliphatic heterocycles. The summed E-state index contributed by atoms with van der Waals surface area (Å²) in [7, 11) is 2.11. The molecule has 1 fully saturated rings. The topological polar surface area (TPSA) is 45.2 Å². The zero-order valence-corrected chi connectivity index (χ0v) is 9.59. The highest BCUT2D eigenvalue weighted by molar-refractivity contribution is 7.07. The van der Waals surface area contributed by atoms with Crippen molar-refractivity contribution in [3.05, 3.63) is 16.6 Å². The first-order valence-electron chi connectivity index (χ1n) is 5.10. The minimum atomic E-state index is -0.0502. The third-order valence-electron chi connectivity index (χ3n) is 2.71. The standard InChI is InChI=1S/C10H15N3OS/c1-13-3-2-8(5-13)4-11-10(14)9-6-15-7-12-9/h6-8H,2-5H2,1H3,(H,11,14). The van der Waals surface area contributed by atoms with Crippen LogP contribution in [0.2, 0.25) is 0 Å². The normalized spacial score (nSPS) is 21.8. The Kier molecular flexibility index (Phi) is 3.33. The van der Waals surface area contributed by atoms with Gasteiger partial charge in [-0.15, -0.1) is 11.3 Å². The predicted molar refractivity (Wildman–Crippen MR) is 60.1 cm³/mol. The molecule has 0 spiro atoms. The average Bonchev–Trinajstić information content (AvgIpc) is 2.84. The molecular formula is C10H15N3OS. The molecule has 1 aliphatic rings. The molecule has 2 rings (SSSR count). The summed E-state index contributed by atoms with van der Waals surface area (Å²) in [5.41, 5.74) is 2.21. The number of hydrogen-bond acceptors (Lipinski definition) is 4. The zero-order chi connectivity index (χ0) is 10.7. The van der Waals surface area contributed by atoms with Crippen LogP contribution in [0.15, 0.2) is 10.9 Å². The van der Waals surface area contributed by atoms with Gasteiger partial charge in [0.1, 0.15) is 5.69 Å². The molecule has 2 heterocycles. The van der Waals surface area contributed by atoms with Gasteiger partial charge in [0.05, 0.1) is 5.51 Å². The van der Waals surface area contributed by atoms with E-state index >= 15 is 0 Å². The molecule has 0 saturated carbocycles. The molecule has 0 bridgehead atoms. The number of aromatic nitrogens is 1. The maximum absolute atomic E-state index is 11.6. The van der Waals surface area contributed by atoms with Gasteiger partial charge in [0.2, 0.25) is 0 Å². The first-order valence-corrected chi connectivity index (χ1v) is 6.05. The van der Waals surface area contributed by atoms with Gasteiger partial charge in [0, 0.05) is 18.5 Å². The van der Waals surface area contributed by atoms with E-state index in [1.165, 1.54) is 17.8 Å². The lowest BCUT2D eigenvalue weighted by Crippen LogP contribution is -2.30. The summed E-state index contributed by atoms with van der Waals surface area (Å²) in [4.78, 5) is 17.8. The first-order chi connectivity index (χ1) is 7.25. The van der Waals surface area contributed by atoms with E-state index in [0.29, 0.717) is 11.6 Å². The van der Waals surface area contributed by atoms with E-state index in [1.54, 1.807) is 10.9 Å². The zero-order valence-electron chi connectivity index (χ0n) is 8.77. The lowest BCUT2D eigenvalue weighted by atomic mass is 10.1. The Morgan fingerprint density at radius 3 is 3.27 bits per heavy atom. The summed E-state index contributed by atoms with van der Waals surface area (Å²) in [6, 6.07) is 0. The van der Waals surface area contributed by atoms with E-state index in [4.69, 9.17) is 0 Å². The Morgan fingerprint density at radius 2 is 2.67 bits per heavy atom. The molecule has 0 aliphatic carbocycles. The van der Waals surface area contributed by atoms with Crippen molar-refractivity contribution in [2.24, 2.45) is 5.92 Å². The fraction of sp³-hybridized carbons (Fsp3) is 0.600. The summed E-state index contributed by atoms with van der Waals surface area (Å²) < 4.78 is 0. The fourth-order valence-electron chi connectivity index (χ4n) is 1.85. The number of carbonyl (C=O) groups is 1. The molecule has 4 nitrogen and oxygen atoms in total. The van der Waals surface area contributed by atoms with Crippen LogP contribution < -0.4 is 5.32 Å². The Balaban J connectivity index is 1.76. The molecule has 0 radical (unpaired) electrons. The lowest BCUT2D eigenvalue weighted by molar-refractivity contribution is 0.0943. The van der Waals surface area contributed by atoms with Gasteiger partial charge in [-0.25, -0.2) is 4.98 Å². The quantitative estimate of drug-likeness (QED) is 0.828. The second kappa shape index (κ2) is 4.72. The smallest absolute Gasteiger partial charge is 0.270 e. The Hall–Kier alpha value is -0.940. The number of thiazole rings is 1. The number of likely N-dealkylation sites (tertiary alicyclic amines) is 1. The fourth-order valence-corrected chi connectivity index (χ4v) is 2.38. The van der Waals surface area contributed by atoms with E-state index in [9.17, 15) is 4.79 Å². The molecule has 1 amide bonds. The maximum atomic E-state index is 11.6. The van der Waals surface area contributed by atoms with Crippen molar-refractivity contribution in [3.63, 3.8) is 0 Å². The van der Waals surface area contributed by atoms with Gasteiger partial charge in [-0.3, -0.25) is 4.79 Å². The van der Waals surface area contributed by atoms with Crippen molar-refractivity contribution in [1.29, 1.82) is 0 Å². The molecule has 1 N–H and O–H groups in total. The van der Waals surface area contributed by atoms with Crippen molar-refractivity contribution < 1.29 is 4.79 Å². The van der Waals surface area contributed by atoms with Gasteiger partial charge >= 0.3 is 0 Å². The van der Waals surface area contributed by atoms with E-state index in [-0.39, 0.29) is 5.91 Å². The van der Waals surface area contributed by atoms with Gasteiger partial charge in [-0.2, -0.15) is 0 Å². The van der Waals surface area contributed by atoms with Gasteiger partial charge in [0.15, 0.2) is 0 Å². The average molecular weight is 225 g/mol. The van der Waals surface area contributed by atoms with Crippen LogP contribution >= 0.6 is 11.3 Å². The van der Waals surface area contributed by atoms with Crippen molar-refractivity contribution in [2.75, 3.05) is 26.7 Å². The molecular weight excluding hydrogens is 210 g/mol. The number of nitrogens with zero attached hydrogens (tertiary/aromatic N) is 2. The van der Waals surface area contributed by atoms with Gasteiger partial charge < -0.3 is 10.2 Å². The van der Waals surface area contributed by atoms with Crippen molar-refractivity contribution in [2.45, 2.75) is 6.42 Å². The predicted octanol–water partition coefficient (Wildman–Crippen LogP) is 0.825. The second-order valence-electron chi connectivity index (χ2n) is 4.00. The molecule has 1 atom stereocenters. The van der Waals surface area contributed by atoms with Crippen LogP contribution in [0.25, 0.3) is 0 Å². The van der Waals surface area contributed by atoms with Crippen LogP contribution in [0.5, 0.6) is 0 Å². The second-order valence-corrected chi connectivity index (χ2v) is 4.72.